The van der Waals surface area contributed by atoms with Gasteiger partial charge in [0.15, 0.2) is 12.6 Å². The highest BCUT2D eigenvalue weighted by molar-refractivity contribution is 5.88. The molecule has 4 rings (SSSR count). The Hall–Kier alpha value is -4.56. The molecule has 0 saturated heterocycles. The van der Waals surface area contributed by atoms with E-state index in [0.29, 0.717) is 11.1 Å². The van der Waals surface area contributed by atoms with Crippen LogP contribution in [0, 0.1) is 0 Å². The Morgan fingerprint density at radius 3 is 0.676 bits per heavy atom. The second kappa shape index (κ2) is 11.3. The maximum Gasteiger partial charge on any atom is 0.150 e. The lowest BCUT2D eigenvalue weighted by atomic mass is 10.0. The first kappa shape index (κ1) is 22.6. The Labute approximate surface area is 200 Å². The van der Waals surface area contributed by atoms with Crippen molar-refractivity contribution < 1.29 is 9.59 Å². The van der Waals surface area contributed by atoms with Gasteiger partial charge in [-0.15, -0.1) is 0 Å². The van der Waals surface area contributed by atoms with E-state index in [1.807, 2.05) is 97.1 Å². The van der Waals surface area contributed by atoms with Crippen LogP contribution in [0.3, 0.4) is 0 Å². The average molecular weight is 441 g/mol. The molecule has 0 saturated carbocycles. The minimum absolute atomic E-state index is 0.670. The third kappa shape index (κ3) is 5.62. The number of carbonyl (C=O) groups excluding carboxylic acids is 2. The van der Waals surface area contributed by atoms with Crippen LogP contribution in [0.1, 0.15) is 54.1 Å². The number of hydrogen-bond acceptors (Lipinski definition) is 2. The molecule has 0 N–H and O–H groups in total. The van der Waals surface area contributed by atoms with Gasteiger partial charge in [0.05, 0.1) is 0 Å². The molecule has 164 valence electrons. The van der Waals surface area contributed by atoms with E-state index in [0.717, 1.165) is 46.0 Å². The van der Waals surface area contributed by atoms with Gasteiger partial charge in [-0.25, -0.2) is 0 Å². The maximum absolute atomic E-state index is 11.3. The molecule has 0 aliphatic rings. The fraction of sp³-hybridized carbons (Fsp3) is 0. The van der Waals surface area contributed by atoms with Crippen LogP contribution in [0.15, 0.2) is 97.1 Å². The van der Waals surface area contributed by atoms with Crippen molar-refractivity contribution in [2.24, 2.45) is 0 Å². The van der Waals surface area contributed by atoms with Gasteiger partial charge in [0.1, 0.15) is 0 Å². The largest absolute Gasteiger partial charge is 0.298 e. The van der Waals surface area contributed by atoms with E-state index in [1.165, 1.54) is 0 Å². The number of benzene rings is 4. The molecule has 0 aromatic heterocycles. The van der Waals surface area contributed by atoms with Crippen molar-refractivity contribution in [2.75, 3.05) is 0 Å². The quantitative estimate of drug-likeness (QED) is 0.207. The lowest BCUT2D eigenvalue weighted by molar-refractivity contribution is 0.111. The predicted molar refractivity (Wildman–Crippen MR) is 143 cm³/mol. The van der Waals surface area contributed by atoms with Gasteiger partial charge in [-0.2, -0.15) is 0 Å². The third-order valence-electron chi connectivity index (χ3n) is 5.57. The highest BCUT2D eigenvalue weighted by Gasteiger charge is 2.01. The first-order valence-electron chi connectivity index (χ1n) is 11.1. The van der Waals surface area contributed by atoms with Crippen LogP contribution in [-0.4, -0.2) is 12.6 Å². The van der Waals surface area contributed by atoms with Crippen LogP contribution in [-0.2, 0) is 0 Å². The minimum atomic E-state index is 0.670. The minimum Gasteiger partial charge on any atom is -0.298 e. The molecule has 0 amide bonds. The molecule has 0 bridgehead atoms. The number of aldehydes is 2. The molecule has 0 fully saturated rings. The molecule has 0 heterocycles. The normalized spacial score (nSPS) is 11.4. The van der Waals surface area contributed by atoms with Crippen molar-refractivity contribution in [3.63, 3.8) is 0 Å². The van der Waals surface area contributed by atoms with E-state index in [2.05, 4.69) is 36.4 Å². The Morgan fingerprint density at radius 2 is 0.471 bits per heavy atom. The predicted octanol–water partition coefficient (Wildman–Crippen LogP) is 7.82. The van der Waals surface area contributed by atoms with Crippen LogP contribution in [0.2, 0.25) is 0 Å². The SMILES string of the molecule is O=Cc1ccccc1/C=C\c1ccccc1/C=C\c1ccccc1/C=C\c1ccccc1C=O. The zero-order valence-corrected chi connectivity index (χ0v) is 18.7. The van der Waals surface area contributed by atoms with Crippen molar-refractivity contribution in [3.8, 4) is 0 Å². The lowest BCUT2D eigenvalue weighted by Crippen LogP contribution is -1.86. The molecular weight excluding hydrogens is 416 g/mol. The molecule has 0 unspecified atom stereocenters. The molecule has 2 heteroatoms. The van der Waals surface area contributed by atoms with Gasteiger partial charge < -0.3 is 0 Å². The van der Waals surface area contributed by atoms with E-state index in [-0.39, 0.29) is 0 Å². The monoisotopic (exact) mass is 440 g/mol. The van der Waals surface area contributed by atoms with Gasteiger partial charge in [-0.3, -0.25) is 9.59 Å². The molecule has 4 aromatic carbocycles. The van der Waals surface area contributed by atoms with Crippen molar-refractivity contribution >= 4 is 49.0 Å². The molecule has 0 radical (unpaired) electrons. The summed E-state index contributed by atoms with van der Waals surface area (Å²) in [5.41, 5.74) is 7.40. The highest BCUT2D eigenvalue weighted by Crippen LogP contribution is 2.20. The van der Waals surface area contributed by atoms with Crippen LogP contribution < -0.4 is 0 Å². The fourth-order valence-corrected chi connectivity index (χ4v) is 3.71. The maximum atomic E-state index is 11.3. The average Bonchev–Trinajstić information content (AvgIpc) is 2.90. The summed E-state index contributed by atoms with van der Waals surface area (Å²) >= 11 is 0. The molecular formula is C32H24O2. The Balaban J connectivity index is 1.61. The van der Waals surface area contributed by atoms with Crippen molar-refractivity contribution in [2.45, 2.75) is 0 Å². The smallest absolute Gasteiger partial charge is 0.150 e. The van der Waals surface area contributed by atoms with Gasteiger partial charge in [0.2, 0.25) is 0 Å². The molecule has 2 nitrogen and oxygen atoms in total. The van der Waals surface area contributed by atoms with Crippen molar-refractivity contribution in [3.05, 3.63) is 142 Å². The van der Waals surface area contributed by atoms with Crippen LogP contribution in [0.25, 0.3) is 36.5 Å². The second-order valence-corrected chi connectivity index (χ2v) is 7.75. The van der Waals surface area contributed by atoms with E-state index in [9.17, 15) is 9.59 Å². The molecule has 4 aromatic rings. The summed E-state index contributed by atoms with van der Waals surface area (Å²) in [5, 5.41) is 0. The summed E-state index contributed by atoms with van der Waals surface area (Å²) in [6, 6.07) is 31.4. The summed E-state index contributed by atoms with van der Waals surface area (Å²) in [7, 11) is 0. The number of carbonyl (C=O) groups is 2. The van der Waals surface area contributed by atoms with E-state index >= 15 is 0 Å². The Bertz CT molecular complexity index is 1280. The number of rotatable bonds is 8. The summed E-state index contributed by atoms with van der Waals surface area (Å²) in [4.78, 5) is 22.6. The van der Waals surface area contributed by atoms with Gasteiger partial charge in [0, 0.05) is 11.1 Å². The van der Waals surface area contributed by atoms with E-state index in [4.69, 9.17) is 0 Å². The Morgan fingerprint density at radius 1 is 0.294 bits per heavy atom. The van der Waals surface area contributed by atoms with Gasteiger partial charge in [-0.05, 0) is 33.4 Å². The zero-order valence-electron chi connectivity index (χ0n) is 18.7. The molecule has 0 aliphatic carbocycles. The van der Waals surface area contributed by atoms with Gasteiger partial charge in [-0.1, -0.05) is 134 Å². The molecule has 0 atom stereocenters. The first-order chi connectivity index (χ1) is 16.8. The van der Waals surface area contributed by atoms with Crippen LogP contribution in [0.4, 0.5) is 0 Å². The topological polar surface area (TPSA) is 34.1 Å². The van der Waals surface area contributed by atoms with Gasteiger partial charge in [0.25, 0.3) is 0 Å². The standard InChI is InChI=1S/C32H24O2/c33-23-31-15-7-5-13-29(31)21-19-27-11-3-1-9-25(27)17-18-26-10-2-4-12-28(26)20-22-30-14-6-8-16-32(30)24-34/h1-24H/b18-17-,21-19-,22-20-. The van der Waals surface area contributed by atoms with Crippen molar-refractivity contribution in [1.29, 1.82) is 0 Å². The fourth-order valence-electron chi connectivity index (χ4n) is 3.71. The summed E-state index contributed by atoms with van der Waals surface area (Å²) in [5.74, 6) is 0. The van der Waals surface area contributed by atoms with E-state index in [1.54, 1.807) is 0 Å². The second-order valence-electron chi connectivity index (χ2n) is 7.75. The number of hydrogen-bond donors (Lipinski definition) is 0. The highest BCUT2D eigenvalue weighted by atomic mass is 16.1. The Kier molecular flexibility index (Phi) is 7.55. The van der Waals surface area contributed by atoms with E-state index < -0.39 is 0 Å². The molecule has 0 spiro atoms. The van der Waals surface area contributed by atoms with Crippen LogP contribution >= 0.6 is 0 Å². The summed E-state index contributed by atoms with van der Waals surface area (Å²) < 4.78 is 0. The van der Waals surface area contributed by atoms with Crippen LogP contribution in [0.5, 0.6) is 0 Å². The summed E-state index contributed by atoms with van der Waals surface area (Å²) in [6.45, 7) is 0. The third-order valence-corrected chi connectivity index (χ3v) is 5.57. The summed E-state index contributed by atoms with van der Waals surface area (Å²) in [6.07, 6.45) is 13.9. The first-order valence-corrected chi connectivity index (χ1v) is 11.1. The lowest BCUT2D eigenvalue weighted by Gasteiger charge is -2.04. The molecule has 34 heavy (non-hydrogen) atoms. The zero-order chi connectivity index (χ0) is 23.6. The molecule has 0 aliphatic heterocycles. The van der Waals surface area contributed by atoms with Crippen molar-refractivity contribution in [1.82, 2.24) is 0 Å². The van der Waals surface area contributed by atoms with Gasteiger partial charge >= 0.3 is 0 Å².